The first kappa shape index (κ1) is 22.7. The highest BCUT2D eigenvalue weighted by atomic mass is 35.5. The van der Waals surface area contributed by atoms with Crippen LogP contribution in [-0.2, 0) is 6.54 Å². The Kier molecular flexibility index (Phi) is 8.91. The average Bonchev–Trinajstić information content (AvgIpc) is 2.71. The van der Waals surface area contributed by atoms with E-state index in [2.05, 4.69) is 43.4 Å². The number of nitrogens with zero attached hydrogens (tertiary/aromatic N) is 3. The van der Waals surface area contributed by atoms with Crippen molar-refractivity contribution >= 4 is 40.8 Å². The number of halogens is 1. The van der Waals surface area contributed by atoms with Crippen LogP contribution in [-0.4, -0.2) is 22.8 Å². The number of nitrogens with one attached hydrogen (secondary N) is 4. The minimum Gasteiger partial charge on any atom is -0.371 e. The molecule has 10 heteroatoms. The van der Waals surface area contributed by atoms with Gasteiger partial charge in [0.1, 0.15) is 5.03 Å². The minimum atomic E-state index is 0.122. The molecule has 2 rings (SSSR count). The fourth-order valence-corrected chi connectivity index (χ4v) is 3.90. The third-order valence-corrected chi connectivity index (χ3v) is 5.21. The van der Waals surface area contributed by atoms with E-state index < -0.39 is 0 Å². The fourth-order valence-electron chi connectivity index (χ4n) is 2.45. The molecule has 8 nitrogen and oxygen atoms in total. The van der Waals surface area contributed by atoms with Gasteiger partial charge in [-0.05, 0) is 30.6 Å². The van der Waals surface area contributed by atoms with Crippen molar-refractivity contribution in [2.75, 3.05) is 23.9 Å². The number of anilines is 2. The summed E-state index contributed by atoms with van der Waals surface area (Å²) in [7, 11) is 1.69. The van der Waals surface area contributed by atoms with Crippen molar-refractivity contribution in [1.82, 2.24) is 20.8 Å². The van der Waals surface area contributed by atoms with Crippen LogP contribution in [0.15, 0.2) is 62.9 Å². The van der Waals surface area contributed by atoms with Crippen molar-refractivity contribution in [3.05, 3.63) is 58.3 Å². The van der Waals surface area contributed by atoms with Crippen molar-refractivity contribution in [3.8, 4) is 0 Å². The van der Waals surface area contributed by atoms with E-state index in [9.17, 15) is 0 Å². The van der Waals surface area contributed by atoms with Gasteiger partial charge in [-0.3, -0.25) is 0 Å². The van der Waals surface area contributed by atoms with Crippen LogP contribution in [0.3, 0.4) is 0 Å². The van der Waals surface area contributed by atoms with E-state index >= 15 is 0 Å². The lowest BCUT2D eigenvalue weighted by Crippen LogP contribution is -2.26. The Balaban J connectivity index is 2.04. The first-order valence-corrected chi connectivity index (χ1v) is 10.2. The molecule has 1 heterocycles. The zero-order valence-corrected chi connectivity index (χ0v) is 18.2. The van der Waals surface area contributed by atoms with Gasteiger partial charge in [0.15, 0.2) is 11.5 Å². The van der Waals surface area contributed by atoms with Crippen LogP contribution < -0.4 is 21.9 Å². The largest absolute Gasteiger partial charge is 0.371 e. The van der Waals surface area contributed by atoms with Crippen LogP contribution in [0.25, 0.3) is 0 Å². The molecule has 154 valence electrons. The lowest BCUT2D eigenvalue weighted by Gasteiger charge is -2.13. The van der Waals surface area contributed by atoms with Crippen molar-refractivity contribution in [3.63, 3.8) is 0 Å². The molecule has 0 unspecified atom stereocenters. The summed E-state index contributed by atoms with van der Waals surface area (Å²) in [6, 6.07) is 10.1. The van der Waals surface area contributed by atoms with Crippen LogP contribution in [0.2, 0.25) is 0 Å². The molecule has 0 fully saturated rings. The number of aromatic nitrogens is 2. The van der Waals surface area contributed by atoms with Crippen molar-refractivity contribution in [2.45, 2.75) is 25.4 Å². The van der Waals surface area contributed by atoms with Gasteiger partial charge in [-0.15, -0.1) is 0 Å². The molecule has 0 aliphatic carbocycles. The average molecular weight is 433 g/mol. The Hall–Kier alpha value is -2.62. The van der Waals surface area contributed by atoms with Crippen LogP contribution in [0.4, 0.5) is 17.5 Å². The zero-order valence-electron chi connectivity index (χ0n) is 16.6. The maximum atomic E-state index is 7.42. The second kappa shape index (κ2) is 11.4. The van der Waals surface area contributed by atoms with Crippen molar-refractivity contribution < 1.29 is 0 Å². The molecule has 0 aliphatic heterocycles. The number of hydrogen-bond acceptors (Lipinski definition) is 9. The van der Waals surface area contributed by atoms with Crippen molar-refractivity contribution in [2.24, 2.45) is 5.11 Å². The Morgan fingerprint density at radius 3 is 2.62 bits per heavy atom. The third-order valence-electron chi connectivity index (χ3n) is 3.99. The smallest absolute Gasteiger partial charge is 0.223 e. The minimum absolute atomic E-state index is 0.122. The van der Waals surface area contributed by atoms with E-state index in [1.807, 2.05) is 38.2 Å². The summed E-state index contributed by atoms with van der Waals surface area (Å²) < 4.78 is 0. The number of benzene rings is 1. The predicted molar refractivity (Wildman–Crippen MR) is 120 cm³/mol. The first-order valence-electron chi connectivity index (χ1n) is 8.86. The zero-order chi connectivity index (χ0) is 21.2. The summed E-state index contributed by atoms with van der Waals surface area (Å²) in [6.45, 7) is 4.51. The summed E-state index contributed by atoms with van der Waals surface area (Å²) in [5.41, 5.74) is 22.9. The standard InChI is InChI=1S/C19H25ClN8S/c1-12(9-24-25-10-14-7-5-4-6-8-14)15(13(2)20)11-29-18-16(28-22)17(23-3)26-19(21)27-18/h4-9,22,24-25H,10-11H2,1-3H3,(H3,21,23,26,27)/b12-9+,15-13+,28-22?. The van der Waals surface area contributed by atoms with Gasteiger partial charge in [0.05, 0.1) is 0 Å². The highest BCUT2D eigenvalue weighted by Crippen LogP contribution is 2.36. The molecule has 0 spiro atoms. The lowest BCUT2D eigenvalue weighted by molar-refractivity contribution is 0.623. The van der Waals surface area contributed by atoms with Crippen LogP contribution in [0.1, 0.15) is 19.4 Å². The molecular weight excluding hydrogens is 408 g/mol. The van der Waals surface area contributed by atoms with Gasteiger partial charge in [0.25, 0.3) is 0 Å². The molecule has 0 saturated heterocycles. The van der Waals surface area contributed by atoms with E-state index in [-0.39, 0.29) is 5.95 Å². The highest BCUT2D eigenvalue weighted by Gasteiger charge is 2.15. The normalized spacial score (nSPS) is 12.3. The molecule has 0 radical (unpaired) electrons. The van der Waals surface area contributed by atoms with Gasteiger partial charge in [0, 0.05) is 30.6 Å². The number of nitrogen functional groups attached to an aromatic ring is 1. The Morgan fingerprint density at radius 1 is 1.28 bits per heavy atom. The van der Waals surface area contributed by atoms with Crippen LogP contribution >= 0.6 is 23.4 Å². The molecule has 0 amide bonds. The summed E-state index contributed by atoms with van der Waals surface area (Å²) in [6.07, 6.45) is 1.87. The number of hydrogen-bond donors (Lipinski definition) is 5. The molecule has 29 heavy (non-hydrogen) atoms. The predicted octanol–water partition coefficient (Wildman–Crippen LogP) is 4.57. The van der Waals surface area contributed by atoms with Gasteiger partial charge in [0.2, 0.25) is 5.95 Å². The molecular formula is C19H25ClN8S. The van der Waals surface area contributed by atoms with E-state index in [1.165, 1.54) is 17.3 Å². The molecule has 6 N–H and O–H groups in total. The molecule has 1 aromatic carbocycles. The topological polar surface area (TPSA) is 124 Å². The second-order valence-electron chi connectivity index (χ2n) is 6.06. The van der Waals surface area contributed by atoms with E-state index in [0.29, 0.717) is 33.9 Å². The van der Waals surface area contributed by atoms with Gasteiger partial charge < -0.3 is 16.5 Å². The molecule has 0 aliphatic rings. The van der Waals surface area contributed by atoms with Gasteiger partial charge in [-0.2, -0.15) is 10.1 Å². The maximum absolute atomic E-state index is 7.42. The number of nitrogens with two attached hydrogens (primary N) is 1. The molecule has 1 aromatic heterocycles. The molecule has 2 aromatic rings. The quantitative estimate of drug-likeness (QED) is 0.0929. The summed E-state index contributed by atoms with van der Waals surface area (Å²) in [5.74, 6) is 1.08. The van der Waals surface area contributed by atoms with Gasteiger partial charge in [-0.25, -0.2) is 15.9 Å². The number of rotatable bonds is 10. The highest BCUT2D eigenvalue weighted by molar-refractivity contribution is 7.99. The van der Waals surface area contributed by atoms with Crippen LogP contribution in [0, 0.1) is 5.53 Å². The monoisotopic (exact) mass is 432 g/mol. The second-order valence-corrected chi connectivity index (χ2v) is 7.59. The summed E-state index contributed by atoms with van der Waals surface area (Å²) in [4.78, 5) is 8.27. The molecule has 0 saturated carbocycles. The van der Waals surface area contributed by atoms with Crippen LogP contribution in [0.5, 0.6) is 0 Å². The Bertz CT molecular complexity index is 895. The lowest BCUT2D eigenvalue weighted by atomic mass is 10.1. The van der Waals surface area contributed by atoms with Gasteiger partial charge in [-0.1, -0.05) is 53.7 Å². The van der Waals surface area contributed by atoms with E-state index in [0.717, 1.165) is 11.1 Å². The van der Waals surface area contributed by atoms with E-state index in [1.54, 1.807) is 7.05 Å². The first-order chi connectivity index (χ1) is 14.0. The number of allylic oxidation sites excluding steroid dienone is 2. The molecule has 0 atom stereocenters. The number of thioether (sulfide) groups is 1. The van der Waals surface area contributed by atoms with Gasteiger partial charge >= 0.3 is 0 Å². The third kappa shape index (κ3) is 6.74. The number of hydrazine groups is 1. The Morgan fingerprint density at radius 2 is 2.00 bits per heavy atom. The SMILES string of the molecule is CNc1nc(N)nc(SCC(=C(/C)Cl)/C(C)=C/NNCc2ccccc2)c1N=N. The summed E-state index contributed by atoms with van der Waals surface area (Å²) >= 11 is 7.72. The summed E-state index contributed by atoms with van der Waals surface area (Å²) in [5, 5.41) is 7.62. The fraction of sp³-hybridized carbons (Fsp3) is 0.263. The van der Waals surface area contributed by atoms with Crippen molar-refractivity contribution in [1.29, 1.82) is 5.53 Å². The van der Waals surface area contributed by atoms with E-state index in [4.69, 9.17) is 22.9 Å². The Labute approximate surface area is 179 Å². The molecule has 0 bridgehead atoms. The maximum Gasteiger partial charge on any atom is 0.223 e.